The van der Waals surface area contributed by atoms with Gasteiger partial charge in [-0.25, -0.2) is 0 Å². The third-order valence-electron chi connectivity index (χ3n) is 0.986. The van der Waals surface area contributed by atoms with E-state index >= 15 is 0 Å². The first-order valence-corrected chi connectivity index (χ1v) is 9.93. The van der Waals surface area contributed by atoms with E-state index in [1.807, 2.05) is 0 Å². The van der Waals surface area contributed by atoms with Crippen molar-refractivity contribution in [2.75, 3.05) is 84.6 Å². The van der Waals surface area contributed by atoms with Crippen molar-refractivity contribution in [2.45, 2.75) is 0 Å². The molecule has 1 aromatic rings. The van der Waals surface area contributed by atoms with Crippen LogP contribution in [0.15, 0.2) is 30.3 Å². The average molecular weight is 392 g/mol. The van der Waals surface area contributed by atoms with Crippen LogP contribution in [0.5, 0.6) is 5.75 Å². The van der Waals surface area contributed by atoms with Crippen LogP contribution in [0, 0.1) is 0 Å². The van der Waals surface area contributed by atoms with E-state index in [0.717, 1.165) is 13.4 Å². The van der Waals surface area contributed by atoms with Gasteiger partial charge in [0, 0.05) is 0 Å². The molecule has 1 aromatic carbocycles. The quantitative estimate of drug-likeness (QED) is 0.456. The Labute approximate surface area is 162 Å². The van der Waals surface area contributed by atoms with Crippen LogP contribution in [0.4, 0.5) is 0 Å². The SMILES string of the molecule is C[N+](C)(C)C.C[N+](C)(C)C.C[N+](C)(C)C.[O-][Si]([O-])([O-])Oc1ccccc1. The second-order valence-corrected chi connectivity index (χ2v) is 11.2. The number of nitrogens with zero attached hydrogens (tertiary/aromatic N) is 3. The summed E-state index contributed by atoms with van der Waals surface area (Å²) in [5, 5.41) is 0. The van der Waals surface area contributed by atoms with E-state index < -0.39 is 9.05 Å². The molecular weight excluding hydrogens is 350 g/mol. The second-order valence-electron chi connectivity index (χ2n) is 9.96. The Morgan fingerprint density at radius 3 is 1.00 bits per heavy atom. The maximum absolute atomic E-state index is 10.1. The molecule has 0 N–H and O–H groups in total. The van der Waals surface area contributed by atoms with Gasteiger partial charge in [0.15, 0.2) is 0 Å². The predicted octanol–water partition coefficient (Wildman–Crippen LogP) is -1.45. The zero-order chi connectivity index (χ0) is 21.8. The van der Waals surface area contributed by atoms with Gasteiger partial charge in [0.25, 0.3) is 0 Å². The summed E-state index contributed by atoms with van der Waals surface area (Å²) in [6, 6.07) is 7.65. The number of quaternary nitrogens is 3. The van der Waals surface area contributed by atoms with Gasteiger partial charge in [0.1, 0.15) is 0 Å². The Bertz CT molecular complexity index is 398. The summed E-state index contributed by atoms with van der Waals surface area (Å²) in [6.07, 6.45) is 0. The molecule has 8 heteroatoms. The minimum Gasteiger partial charge on any atom is -0.851 e. The third kappa shape index (κ3) is 77.3. The number of hydrogen-bond acceptors (Lipinski definition) is 4. The lowest BCUT2D eigenvalue weighted by atomic mass is 10.3. The minimum absolute atomic E-state index is 0.0548. The maximum atomic E-state index is 10.1. The Morgan fingerprint density at radius 1 is 0.577 bits per heavy atom. The summed E-state index contributed by atoms with van der Waals surface area (Å²) in [7, 11) is 20.4. The van der Waals surface area contributed by atoms with E-state index in [0.29, 0.717) is 0 Å². The van der Waals surface area contributed by atoms with Crippen molar-refractivity contribution >= 4 is 9.05 Å². The third-order valence-corrected chi connectivity index (χ3v) is 1.47. The summed E-state index contributed by atoms with van der Waals surface area (Å²) in [4.78, 5) is 30.2. The first-order chi connectivity index (χ1) is 11.1. The monoisotopic (exact) mass is 391 g/mol. The van der Waals surface area contributed by atoms with Crippen molar-refractivity contribution in [1.29, 1.82) is 0 Å². The van der Waals surface area contributed by atoms with Crippen LogP contribution in [0.1, 0.15) is 0 Å². The fourth-order valence-electron chi connectivity index (χ4n) is 0.633. The van der Waals surface area contributed by atoms with Crippen molar-refractivity contribution in [3.8, 4) is 5.75 Å². The molecule has 0 bridgehead atoms. The molecule has 26 heavy (non-hydrogen) atoms. The molecule has 0 saturated carbocycles. The molecular formula is C18H41N3O4Si. The van der Waals surface area contributed by atoms with Crippen LogP contribution in [0.2, 0.25) is 0 Å². The normalized spacial score (nSPS) is 11.7. The lowest BCUT2D eigenvalue weighted by molar-refractivity contribution is -0.849. The summed E-state index contributed by atoms with van der Waals surface area (Å²) in [6.45, 7) is 0. The van der Waals surface area contributed by atoms with E-state index in [2.05, 4.69) is 89.0 Å². The molecule has 0 unspecified atom stereocenters. The van der Waals surface area contributed by atoms with E-state index in [4.69, 9.17) is 0 Å². The van der Waals surface area contributed by atoms with Crippen LogP contribution >= 0.6 is 0 Å². The molecule has 0 aliphatic heterocycles. The van der Waals surface area contributed by atoms with Gasteiger partial charge in [-0.1, -0.05) is 18.2 Å². The van der Waals surface area contributed by atoms with Gasteiger partial charge in [-0.15, -0.1) is 0 Å². The molecule has 0 fully saturated rings. The molecule has 0 saturated heterocycles. The lowest BCUT2D eigenvalue weighted by Gasteiger charge is -2.53. The molecule has 0 spiro atoms. The Kier molecular flexibility index (Phi) is 14.2. The number of para-hydroxylation sites is 1. The topological polar surface area (TPSA) is 78.4 Å². The molecule has 0 aliphatic carbocycles. The van der Waals surface area contributed by atoms with Crippen LogP contribution in [0.25, 0.3) is 0 Å². The van der Waals surface area contributed by atoms with Gasteiger partial charge in [-0.05, 0) is 21.2 Å². The van der Waals surface area contributed by atoms with Gasteiger partial charge in [0.05, 0.1) is 90.3 Å². The molecule has 0 aromatic heterocycles. The van der Waals surface area contributed by atoms with Crippen molar-refractivity contribution in [1.82, 2.24) is 0 Å². The number of benzene rings is 1. The van der Waals surface area contributed by atoms with Gasteiger partial charge in [-0.2, -0.15) is 0 Å². The summed E-state index contributed by atoms with van der Waals surface area (Å²) < 4.78 is 7.07. The molecule has 0 heterocycles. The Hall–Kier alpha value is -1.00. The van der Waals surface area contributed by atoms with Gasteiger partial charge in [-0.3, -0.25) is 0 Å². The molecule has 0 aliphatic rings. The highest BCUT2D eigenvalue weighted by Gasteiger charge is 1.90. The van der Waals surface area contributed by atoms with E-state index in [1.165, 1.54) is 12.1 Å². The number of rotatable bonds is 2. The van der Waals surface area contributed by atoms with E-state index in [-0.39, 0.29) is 5.75 Å². The average Bonchev–Trinajstić information content (AvgIpc) is 2.20. The van der Waals surface area contributed by atoms with E-state index in [9.17, 15) is 14.4 Å². The van der Waals surface area contributed by atoms with Crippen LogP contribution in [-0.4, -0.2) is 107 Å². The van der Waals surface area contributed by atoms with Crippen molar-refractivity contribution in [3.05, 3.63) is 30.3 Å². The van der Waals surface area contributed by atoms with Crippen LogP contribution in [0.3, 0.4) is 0 Å². The van der Waals surface area contributed by atoms with Crippen molar-refractivity contribution in [2.24, 2.45) is 0 Å². The standard InChI is InChI=1S/C6H5O4Si.3C4H12N/c7-11(8,9)10-6-4-2-1-3-5-6;3*1-5(2,3)4/h1-5H;3*1-4H3/q-3;3*+1. The van der Waals surface area contributed by atoms with Gasteiger partial charge >= 0.3 is 0 Å². The van der Waals surface area contributed by atoms with Crippen molar-refractivity contribution in [3.63, 3.8) is 0 Å². The van der Waals surface area contributed by atoms with Gasteiger partial charge in [0.2, 0.25) is 0 Å². The maximum Gasteiger partial charge on any atom is 0.0989 e. The number of hydrogen-bond donors (Lipinski definition) is 0. The Balaban J connectivity index is -0.000000300. The lowest BCUT2D eigenvalue weighted by Crippen LogP contribution is -2.77. The van der Waals surface area contributed by atoms with Gasteiger partial charge < -0.3 is 32.3 Å². The highest BCUT2D eigenvalue weighted by atomic mass is 28.4. The molecule has 0 amide bonds. The van der Waals surface area contributed by atoms with Crippen LogP contribution < -0.4 is 18.8 Å². The molecule has 7 nitrogen and oxygen atoms in total. The van der Waals surface area contributed by atoms with E-state index in [1.54, 1.807) is 18.2 Å². The zero-order valence-electron chi connectivity index (χ0n) is 18.9. The summed E-state index contributed by atoms with van der Waals surface area (Å²) in [5.41, 5.74) is 0. The summed E-state index contributed by atoms with van der Waals surface area (Å²) in [5.74, 6) is 0.0548. The predicted molar refractivity (Wildman–Crippen MR) is 105 cm³/mol. The zero-order valence-corrected chi connectivity index (χ0v) is 19.9. The second kappa shape index (κ2) is 12.4. The highest BCUT2D eigenvalue weighted by Crippen LogP contribution is 2.07. The molecule has 1 rings (SSSR count). The first kappa shape index (κ1) is 29.7. The van der Waals surface area contributed by atoms with Crippen LogP contribution in [-0.2, 0) is 0 Å². The molecule has 156 valence electrons. The van der Waals surface area contributed by atoms with Crippen molar-refractivity contribution < 1.29 is 32.3 Å². The summed E-state index contributed by atoms with van der Waals surface area (Å²) >= 11 is 0. The largest absolute Gasteiger partial charge is 0.851 e. The fourth-order valence-corrected chi connectivity index (χ4v) is 1.06. The molecule has 0 radical (unpaired) electrons. The Morgan fingerprint density at radius 2 is 0.808 bits per heavy atom. The highest BCUT2D eigenvalue weighted by molar-refractivity contribution is 6.43. The fraction of sp³-hybridized carbons (Fsp3) is 0.667. The first-order valence-electron chi connectivity index (χ1n) is 8.30. The minimum atomic E-state index is -5.15. The molecule has 0 atom stereocenters. The smallest absolute Gasteiger partial charge is 0.0989 e.